The zero-order valence-corrected chi connectivity index (χ0v) is 38.5. The molecule has 0 saturated carbocycles. The predicted octanol–water partition coefficient (Wildman–Crippen LogP) is 14.1. The number of hydrogen-bond donors (Lipinski definition) is 0. The summed E-state index contributed by atoms with van der Waals surface area (Å²) in [4.78, 5) is 5.32. The number of fused-ring (bicyclic) bond motifs is 9. The SMILES string of the molecule is CC(C)(C)c1ccc(N2c3cccc4c3B3c5c-4cccc5N(c4ccc(C(C)(C)C)cc4)c4c3c2c2c3cc(C(C)(C)C)ccc3n3c5ccc(C(C)(C)C)cc5c4c23)cc1. The van der Waals surface area contributed by atoms with Crippen molar-refractivity contribution < 1.29 is 0 Å². The van der Waals surface area contributed by atoms with Crippen LogP contribution in [0.4, 0.5) is 34.1 Å². The molecule has 9 aromatic rings. The zero-order valence-electron chi connectivity index (χ0n) is 38.5. The van der Waals surface area contributed by atoms with Gasteiger partial charge >= 0.3 is 0 Å². The van der Waals surface area contributed by atoms with E-state index in [1.54, 1.807) is 0 Å². The van der Waals surface area contributed by atoms with Crippen LogP contribution in [0.5, 0.6) is 0 Å². The van der Waals surface area contributed by atoms with Crippen LogP contribution in [0.15, 0.2) is 121 Å². The van der Waals surface area contributed by atoms with Gasteiger partial charge < -0.3 is 14.2 Å². The largest absolute Gasteiger partial charge is 0.311 e. The molecule has 0 fully saturated rings. The quantitative estimate of drug-likeness (QED) is 0.161. The molecule has 3 aliphatic rings. The first-order valence-electron chi connectivity index (χ1n) is 22.7. The monoisotopic (exact) mass is 805 g/mol. The van der Waals surface area contributed by atoms with Crippen LogP contribution < -0.4 is 26.2 Å². The summed E-state index contributed by atoms with van der Waals surface area (Å²) in [5.41, 5.74) is 23.9. The molecule has 3 aliphatic heterocycles. The summed E-state index contributed by atoms with van der Waals surface area (Å²) in [6.07, 6.45) is 0. The number of rotatable bonds is 2. The molecule has 2 aromatic heterocycles. The molecule has 306 valence electrons. The van der Waals surface area contributed by atoms with Gasteiger partial charge in [0, 0.05) is 44.3 Å². The van der Waals surface area contributed by atoms with Crippen molar-refractivity contribution in [2.45, 2.75) is 105 Å². The minimum absolute atomic E-state index is 0.0141. The molecule has 7 aromatic carbocycles. The molecular formula is C58H56BN3. The number of hydrogen-bond acceptors (Lipinski definition) is 2. The van der Waals surface area contributed by atoms with Crippen molar-refractivity contribution in [3.63, 3.8) is 0 Å². The fraction of sp³-hybridized carbons (Fsp3) is 0.276. The summed E-state index contributed by atoms with van der Waals surface area (Å²) in [5, 5.41) is 5.34. The molecular weight excluding hydrogens is 749 g/mol. The maximum absolute atomic E-state index is 2.66. The lowest BCUT2D eigenvalue weighted by molar-refractivity contribution is 0.590. The fourth-order valence-corrected chi connectivity index (χ4v) is 11.4. The van der Waals surface area contributed by atoms with Gasteiger partial charge in [-0.1, -0.05) is 144 Å². The highest BCUT2D eigenvalue weighted by molar-refractivity contribution is 7.04. The molecule has 0 radical (unpaired) electrons. The van der Waals surface area contributed by atoms with Gasteiger partial charge in [-0.25, -0.2) is 0 Å². The van der Waals surface area contributed by atoms with E-state index in [-0.39, 0.29) is 28.4 Å². The Bertz CT molecular complexity index is 3150. The van der Waals surface area contributed by atoms with Crippen LogP contribution in [0, 0.1) is 0 Å². The average Bonchev–Trinajstić information content (AvgIpc) is 3.86. The third-order valence-electron chi connectivity index (χ3n) is 14.7. The van der Waals surface area contributed by atoms with E-state index in [1.165, 1.54) is 122 Å². The summed E-state index contributed by atoms with van der Waals surface area (Å²) >= 11 is 0. The molecule has 0 saturated heterocycles. The summed E-state index contributed by atoms with van der Waals surface area (Å²) < 4.78 is 2.62. The Morgan fingerprint density at radius 1 is 0.387 bits per heavy atom. The van der Waals surface area contributed by atoms with Gasteiger partial charge in [0.15, 0.2) is 0 Å². The van der Waals surface area contributed by atoms with Gasteiger partial charge in [0.05, 0.1) is 27.9 Å². The highest BCUT2D eigenvalue weighted by atomic mass is 15.2. The van der Waals surface area contributed by atoms with Gasteiger partial charge in [-0.15, -0.1) is 0 Å². The van der Waals surface area contributed by atoms with Crippen LogP contribution in [-0.2, 0) is 21.7 Å². The van der Waals surface area contributed by atoms with Crippen LogP contribution in [0.1, 0.15) is 105 Å². The maximum Gasteiger partial charge on any atom is 0.253 e. The lowest BCUT2D eigenvalue weighted by atomic mass is 9.35. The maximum atomic E-state index is 2.66. The third kappa shape index (κ3) is 4.90. The topological polar surface area (TPSA) is 10.9 Å². The van der Waals surface area contributed by atoms with Crippen LogP contribution in [0.3, 0.4) is 0 Å². The van der Waals surface area contributed by atoms with E-state index in [2.05, 4.69) is 219 Å². The Kier molecular flexibility index (Phi) is 7.26. The number of anilines is 6. The lowest BCUT2D eigenvalue weighted by Crippen LogP contribution is -2.59. The van der Waals surface area contributed by atoms with E-state index in [1.807, 2.05) is 0 Å². The van der Waals surface area contributed by atoms with Crippen molar-refractivity contribution >= 4 is 95.3 Å². The second-order valence-corrected chi connectivity index (χ2v) is 22.7. The lowest BCUT2D eigenvalue weighted by Gasteiger charge is -2.43. The van der Waals surface area contributed by atoms with Crippen molar-refractivity contribution in [2.75, 3.05) is 9.80 Å². The predicted molar refractivity (Wildman–Crippen MR) is 269 cm³/mol. The molecule has 12 rings (SSSR count). The Balaban J connectivity index is 1.34. The Hall–Kier alpha value is -6.00. The molecule has 3 nitrogen and oxygen atoms in total. The Morgan fingerprint density at radius 2 is 0.758 bits per heavy atom. The standard InChI is InChI=1S/C58H56BN3/c1-55(2,3)33-19-25-37(26-20-33)60-45-17-13-15-39-40-16-14-18-46-50(40)59(49(39)45)51-53(60)47-41-31-35(57(7,8)9)23-29-43(41)62-44-30-24-36(58(10,11)12)32-42(44)48(52(47)62)54(51)61(46)38-27-21-34(22-28-38)56(4,5)6/h13-32H,1-12H3. The molecule has 0 amide bonds. The van der Waals surface area contributed by atoms with E-state index in [0.717, 1.165) is 0 Å². The molecule has 0 spiro atoms. The van der Waals surface area contributed by atoms with Crippen LogP contribution in [-0.4, -0.2) is 11.1 Å². The summed E-state index contributed by atoms with van der Waals surface area (Å²) in [6.45, 7) is 28.1. The minimum Gasteiger partial charge on any atom is -0.311 e. The van der Waals surface area contributed by atoms with Gasteiger partial charge in [-0.05, 0) is 132 Å². The first-order valence-corrected chi connectivity index (χ1v) is 22.7. The highest BCUT2D eigenvalue weighted by Gasteiger charge is 2.51. The molecule has 62 heavy (non-hydrogen) atoms. The second-order valence-electron chi connectivity index (χ2n) is 22.7. The van der Waals surface area contributed by atoms with Crippen molar-refractivity contribution in [1.29, 1.82) is 0 Å². The van der Waals surface area contributed by atoms with Gasteiger partial charge in [0.2, 0.25) is 0 Å². The summed E-state index contributed by atoms with van der Waals surface area (Å²) in [5.74, 6) is 0. The Labute approximate surface area is 367 Å². The molecule has 0 bridgehead atoms. The molecule has 0 aliphatic carbocycles. The van der Waals surface area contributed by atoms with Gasteiger partial charge in [0.25, 0.3) is 6.71 Å². The minimum atomic E-state index is -0.0141. The van der Waals surface area contributed by atoms with Crippen molar-refractivity contribution in [3.05, 3.63) is 144 Å². The van der Waals surface area contributed by atoms with Crippen LogP contribution in [0.25, 0.3) is 49.2 Å². The number of benzene rings is 7. The van der Waals surface area contributed by atoms with Crippen molar-refractivity contribution in [1.82, 2.24) is 4.40 Å². The van der Waals surface area contributed by atoms with Gasteiger partial charge in [-0.2, -0.15) is 0 Å². The molecule has 4 heteroatoms. The summed E-state index contributed by atoms with van der Waals surface area (Å²) in [6, 6.07) is 47.8. The molecule has 0 N–H and O–H groups in total. The smallest absolute Gasteiger partial charge is 0.253 e. The van der Waals surface area contributed by atoms with E-state index in [4.69, 9.17) is 0 Å². The van der Waals surface area contributed by atoms with Crippen molar-refractivity contribution in [3.8, 4) is 11.1 Å². The zero-order chi connectivity index (χ0) is 43.2. The molecule has 0 atom stereocenters. The third-order valence-corrected chi connectivity index (χ3v) is 14.7. The van der Waals surface area contributed by atoms with Gasteiger partial charge in [0.1, 0.15) is 0 Å². The molecule has 0 unspecified atom stereocenters. The summed E-state index contributed by atoms with van der Waals surface area (Å²) in [7, 11) is 0. The Morgan fingerprint density at radius 3 is 1.13 bits per heavy atom. The first-order chi connectivity index (χ1) is 29.3. The van der Waals surface area contributed by atoms with E-state index >= 15 is 0 Å². The normalized spacial score (nSPS) is 14.7. The molecule has 5 heterocycles. The van der Waals surface area contributed by atoms with Crippen LogP contribution >= 0.6 is 0 Å². The average molecular weight is 806 g/mol. The van der Waals surface area contributed by atoms with E-state index < -0.39 is 0 Å². The van der Waals surface area contributed by atoms with Crippen LogP contribution in [0.2, 0.25) is 0 Å². The van der Waals surface area contributed by atoms with E-state index in [0.29, 0.717) is 0 Å². The second kappa shape index (κ2) is 11.9. The van der Waals surface area contributed by atoms with E-state index in [9.17, 15) is 0 Å². The highest BCUT2D eigenvalue weighted by Crippen LogP contribution is 2.56. The van der Waals surface area contributed by atoms with Gasteiger partial charge in [-0.3, -0.25) is 0 Å². The van der Waals surface area contributed by atoms with Crippen molar-refractivity contribution in [2.24, 2.45) is 0 Å². The number of aromatic nitrogens is 1. The first kappa shape index (κ1) is 37.7. The fourth-order valence-electron chi connectivity index (χ4n) is 11.4. The number of nitrogens with zero attached hydrogens (tertiary/aromatic N) is 3.